The molecule has 6 nitrogen and oxygen atoms in total. The lowest BCUT2D eigenvalue weighted by molar-refractivity contribution is -0.139. The van der Waals surface area contributed by atoms with Crippen molar-refractivity contribution >= 4 is 27.9 Å². The molecule has 20 heavy (non-hydrogen) atoms. The number of phenols is 1. The van der Waals surface area contributed by atoms with Gasteiger partial charge in [0.05, 0.1) is 18.2 Å². The van der Waals surface area contributed by atoms with Crippen molar-refractivity contribution in [3.05, 3.63) is 40.0 Å². The minimum atomic E-state index is -0.764. The van der Waals surface area contributed by atoms with E-state index in [4.69, 9.17) is 4.74 Å². The molecule has 0 radical (unpaired) electrons. The number of rotatable bonds is 3. The molecule has 0 aliphatic carbocycles. The summed E-state index contributed by atoms with van der Waals surface area (Å²) < 4.78 is 5.67. The molecule has 0 fully saturated rings. The topological polar surface area (TPSA) is 87.7 Å². The molecule has 2 amide bonds. The van der Waals surface area contributed by atoms with Crippen LogP contribution in [0.4, 0.5) is 4.79 Å². The Kier molecular flexibility index (Phi) is 4.29. The van der Waals surface area contributed by atoms with Gasteiger partial charge in [-0.1, -0.05) is 15.9 Å². The summed E-state index contributed by atoms with van der Waals surface area (Å²) in [5, 5.41) is 14.9. The molecule has 0 saturated heterocycles. The van der Waals surface area contributed by atoms with Crippen molar-refractivity contribution < 1.29 is 19.4 Å². The summed E-state index contributed by atoms with van der Waals surface area (Å²) in [7, 11) is 0. The summed E-state index contributed by atoms with van der Waals surface area (Å²) in [6, 6.07) is 3.56. The second-order valence-electron chi connectivity index (χ2n) is 4.07. The van der Waals surface area contributed by atoms with Crippen molar-refractivity contribution in [2.75, 3.05) is 6.61 Å². The summed E-state index contributed by atoms with van der Waals surface area (Å²) in [5.74, 6) is -0.569. The van der Waals surface area contributed by atoms with Gasteiger partial charge in [-0.15, -0.1) is 0 Å². The number of benzene rings is 1. The third-order valence-electron chi connectivity index (χ3n) is 2.76. The van der Waals surface area contributed by atoms with E-state index in [2.05, 4.69) is 26.6 Å². The molecule has 1 aromatic rings. The molecule has 1 aliphatic rings. The SMILES string of the molecule is CCOC(=O)C1=CNC(=O)NC1c1cc(Br)ccc1O. The third-order valence-corrected chi connectivity index (χ3v) is 3.25. The third kappa shape index (κ3) is 2.93. The van der Waals surface area contributed by atoms with Crippen molar-refractivity contribution in [1.82, 2.24) is 10.6 Å². The Morgan fingerprint density at radius 1 is 1.50 bits per heavy atom. The largest absolute Gasteiger partial charge is 0.508 e. The van der Waals surface area contributed by atoms with Gasteiger partial charge in [-0.2, -0.15) is 0 Å². The number of carbonyl (C=O) groups excluding carboxylic acids is 2. The molecule has 0 spiro atoms. The second-order valence-corrected chi connectivity index (χ2v) is 4.99. The van der Waals surface area contributed by atoms with Crippen LogP contribution >= 0.6 is 15.9 Å². The number of hydrogen-bond donors (Lipinski definition) is 3. The molecule has 1 atom stereocenters. The first-order chi connectivity index (χ1) is 9.52. The summed E-state index contributed by atoms with van der Waals surface area (Å²) in [6.45, 7) is 1.92. The summed E-state index contributed by atoms with van der Waals surface area (Å²) in [6.07, 6.45) is 1.29. The molecule has 1 heterocycles. The van der Waals surface area contributed by atoms with Crippen molar-refractivity contribution in [3.63, 3.8) is 0 Å². The number of nitrogens with one attached hydrogen (secondary N) is 2. The molecule has 7 heteroatoms. The highest BCUT2D eigenvalue weighted by Crippen LogP contribution is 2.33. The van der Waals surface area contributed by atoms with Gasteiger partial charge in [0.15, 0.2) is 0 Å². The molecule has 1 aliphatic heterocycles. The summed E-state index contributed by atoms with van der Waals surface area (Å²) >= 11 is 3.29. The molecule has 0 aromatic heterocycles. The number of amides is 2. The maximum atomic E-state index is 11.9. The Bertz CT molecular complexity index is 586. The van der Waals surface area contributed by atoms with Gasteiger partial charge in [0, 0.05) is 16.2 Å². The zero-order valence-corrected chi connectivity index (χ0v) is 12.2. The van der Waals surface area contributed by atoms with Crippen LogP contribution in [-0.2, 0) is 9.53 Å². The van der Waals surface area contributed by atoms with Crippen LogP contribution in [-0.4, -0.2) is 23.7 Å². The number of urea groups is 1. The van der Waals surface area contributed by atoms with Gasteiger partial charge in [0.2, 0.25) is 0 Å². The monoisotopic (exact) mass is 340 g/mol. The van der Waals surface area contributed by atoms with Crippen LogP contribution in [0.2, 0.25) is 0 Å². The molecular formula is C13H13BrN2O4. The second kappa shape index (κ2) is 5.96. The van der Waals surface area contributed by atoms with Gasteiger partial charge >= 0.3 is 12.0 Å². The lowest BCUT2D eigenvalue weighted by atomic mass is 9.97. The fourth-order valence-corrected chi connectivity index (χ4v) is 2.25. The molecule has 2 rings (SSSR count). The molecule has 1 unspecified atom stereocenters. The lowest BCUT2D eigenvalue weighted by Gasteiger charge is -2.25. The predicted molar refractivity (Wildman–Crippen MR) is 74.9 cm³/mol. The normalized spacial score (nSPS) is 17.8. The van der Waals surface area contributed by atoms with E-state index in [0.29, 0.717) is 5.56 Å². The van der Waals surface area contributed by atoms with E-state index in [-0.39, 0.29) is 17.9 Å². The van der Waals surface area contributed by atoms with E-state index >= 15 is 0 Å². The Morgan fingerprint density at radius 2 is 2.25 bits per heavy atom. The van der Waals surface area contributed by atoms with Gasteiger partial charge < -0.3 is 20.5 Å². The van der Waals surface area contributed by atoms with Crippen LogP contribution in [0.15, 0.2) is 34.4 Å². The van der Waals surface area contributed by atoms with Crippen LogP contribution in [0.3, 0.4) is 0 Å². The smallest absolute Gasteiger partial charge is 0.337 e. The van der Waals surface area contributed by atoms with Gasteiger partial charge in [0.25, 0.3) is 0 Å². The van der Waals surface area contributed by atoms with E-state index in [1.165, 1.54) is 12.3 Å². The van der Waals surface area contributed by atoms with Gasteiger partial charge in [0.1, 0.15) is 5.75 Å². The Hall–Kier alpha value is -2.02. The number of phenolic OH excluding ortho intramolecular Hbond substituents is 1. The highest BCUT2D eigenvalue weighted by Gasteiger charge is 2.30. The van der Waals surface area contributed by atoms with E-state index in [9.17, 15) is 14.7 Å². The molecule has 106 valence electrons. The zero-order valence-electron chi connectivity index (χ0n) is 10.6. The van der Waals surface area contributed by atoms with E-state index in [1.807, 2.05) is 0 Å². The van der Waals surface area contributed by atoms with Crippen molar-refractivity contribution in [2.24, 2.45) is 0 Å². The first kappa shape index (κ1) is 14.4. The standard InChI is InChI=1S/C13H13BrN2O4/c1-2-20-12(18)9-6-15-13(19)16-11(9)8-5-7(14)3-4-10(8)17/h3-6,11,17H,2H2,1H3,(H2,15,16,19). The number of ether oxygens (including phenoxy) is 1. The number of aromatic hydroxyl groups is 1. The first-order valence-electron chi connectivity index (χ1n) is 5.95. The predicted octanol–water partition coefficient (Wildman–Crippen LogP) is 1.96. The molecular weight excluding hydrogens is 328 g/mol. The molecule has 0 saturated carbocycles. The molecule has 3 N–H and O–H groups in total. The maximum Gasteiger partial charge on any atom is 0.337 e. The van der Waals surface area contributed by atoms with E-state index < -0.39 is 18.0 Å². The molecule has 0 bridgehead atoms. The van der Waals surface area contributed by atoms with E-state index in [1.54, 1.807) is 19.1 Å². The van der Waals surface area contributed by atoms with Crippen LogP contribution in [0.5, 0.6) is 5.75 Å². The fraction of sp³-hybridized carbons (Fsp3) is 0.231. The minimum absolute atomic E-state index is 0.0180. The Morgan fingerprint density at radius 3 is 2.95 bits per heavy atom. The van der Waals surface area contributed by atoms with Gasteiger partial charge in [-0.25, -0.2) is 9.59 Å². The highest BCUT2D eigenvalue weighted by atomic mass is 79.9. The molecule has 1 aromatic carbocycles. The summed E-state index contributed by atoms with van der Waals surface area (Å²) in [5.41, 5.74) is 0.633. The zero-order chi connectivity index (χ0) is 14.7. The van der Waals surface area contributed by atoms with E-state index in [0.717, 1.165) is 4.47 Å². The fourth-order valence-electron chi connectivity index (χ4n) is 1.87. The van der Waals surface area contributed by atoms with Crippen LogP contribution < -0.4 is 10.6 Å². The first-order valence-corrected chi connectivity index (χ1v) is 6.75. The number of esters is 1. The van der Waals surface area contributed by atoms with Crippen LogP contribution in [0, 0.1) is 0 Å². The summed E-state index contributed by atoms with van der Waals surface area (Å²) in [4.78, 5) is 23.4. The number of carbonyl (C=O) groups is 2. The van der Waals surface area contributed by atoms with Gasteiger partial charge in [-0.05, 0) is 25.1 Å². The highest BCUT2D eigenvalue weighted by molar-refractivity contribution is 9.10. The van der Waals surface area contributed by atoms with Crippen molar-refractivity contribution in [2.45, 2.75) is 13.0 Å². The van der Waals surface area contributed by atoms with Crippen molar-refractivity contribution in [3.8, 4) is 5.75 Å². The Labute approximate surface area is 123 Å². The number of halogens is 1. The van der Waals surface area contributed by atoms with Crippen LogP contribution in [0.1, 0.15) is 18.5 Å². The number of hydrogen-bond acceptors (Lipinski definition) is 4. The lowest BCUT2D eigenvalue weighted by Crippen LogP contribution is -2.42. The average Bonchev–Trinajstić information content (AvgIpc) is 2.41. The van der Waals surface area contributed by atoms with Gasteiger partial charge in [-0.3, -0.25) is 0 Å². The minimum Gasteiger partial charge on any atom is -0.508 e. The van der Waals surface area contributed by atoms with Crippen LogP contribution in [0.25, 0.3) is 0 Å². The Balaban J connectivity index is 2.42. The quantitative estimate of drug-likeness (QED) is 0.734. The maximum absolute atomic E-state index is 11.9. The van der Waals surface area contributed by atoms with Crippen molar-refractivity contribution in [1.29, 1.82) is 0 Å². The average molecular weight is 341 g/mol.